The van der Waals surface area contributed by atoms with Crippen molar-refractivity contribution < 1.29 is 14.6 Å². The number of hydrogen-bond acceptors (Lipinski definition) is 7. The standard InChI is InChI=1S/C20H27N5O3/c1-27-15-7-8-16(28-2)14(11-15)12-17-24-18-19(21)22-13-23-20(18)25(17)9-5-3-4-6-10-26/h7-8,11,13,26H,3-6,9-10,12H2,1-2H3,(H2,21,22,23). The summed E-state index contributed by atoms with van der Waals surface area (Å²) < 4.78 is 13.0. The van der Waals surface area contributed by atoms with Gasteiger partial charge in [-0.05, 0) is 31.0 Å². The van der Waals surface area contributed by atoms with Crippen molar-refractivity contribution in [3.63, 3.8) is 0 Å². The fourth-order valence-corrected chi connectivity index (χ4v) is 3.29. The normalized spacial score (nSPS) is 11.1. The second-order valence-electron chi connectivity index (χ2n) is 6.60. The number of methoxy groups -OCH3 is 2. The van der Waals surface area contributed by atoms with Crippen LogP contribution in [-0.4, -0.2) is 45.5 Å². The number of benzene rings is 1. The summed E-state index contributed by atoms with van der Waals surface area (Å²) in [5, 5.41) is 8.95. The molecule has 0 atom stereocenters. The molecule has 3 aromatic rings. The van der Waals surface area contributed by atoms with Crippen LogP contribution < -0.4 is 15.2 Å². The van der Waals surface area contributed by atoms with Crippen LogP contribution in [0.25, 0.3) is 11.2 Å². The maximum absolute atomic E-state index is 8.95. The van der Waals surface area contributed by atoms with Crippen LogP contribution >= 0.6 is 0 Å². The van der Waals surface area contributed by atoms with Crippen molar-refractivity contribution in [2.75, 3.05) is 26.6 Å². The molecule has 28 heavy (non-hydrogen) atoms. The molecule has 0 bridgehead atoms. The quantitative estimate of drug-likeness (QED) is 0.516. The van der Waals surface area contributed by atoms with E-state index in [4.69, 9.17) is 25.3 Å². The minimum Gasteiger partial charge on any atom is -0.497 e. The van der Waals surface area contributed by atoms with E-state index in [2.05, 4.69) is 14.5 Å². The van der Waals surface area contributed by atoms with Crippen molar-refractivity contribution in [1.29, 1.82) is 0 Å². The number of ether oxygens (including phenoxy) is 2. The number of aryl methyl sites for hydroxylation is 1. The third kappa shape index (κ3) is 4.33. The predicted molar refractivity (Wildman–Crippen MR) is 108 cm³/mol. The smallest absolute Gasteiger partial charge is 0.165 e. The lowest BCUT2D eigenvalue weighted by atomic mass is 10.1. The number of fused-ring (bicyclic) bond motifs is 1. The number of nitrogens with zero attached hydrogens (tertiary/aromatic N) is 4. The van der Waals surface area contributed by atoms with Crippen LogP contribution in [0, 0.1) is 0 Å². The zero-order valence-electron chi connectivity index (χ0n) is 16.4. The summed E-state index contributed by atoms with van der Waals surface area (Å²) in [4.78, 5) is 13.2. The third-order valence-corrected chi connectivity index (χ3v) is 4.77. The van der Waals surface area contributed by atoms with E-state index in [0.717, 1.165) is 60.8 Å². The van der Waals surface area contributed by atoms with Crippen LogP contribution in [0.4, 0.5) is 5.82 Å². The Bertz CT molecular complexity index is 926. The SMILES string of the molecule is COc1ccc(OC)c(Cc2nc3c(N)ncnc3n2CCCCCCO)c1. The van der Waals surface area contributed by atoms with Gasteiger partial charge in [0, 0.05) is 25.1 Å². The molecule has 0 fully saturated rings. The molecular formula is C20H27N5O3. The summed E-state index contributed by atoms with van der Waals surface area (Å²) in [7, 11) is 3.29. The predicted octanol–water partition coefficient (Wildman–Crippen LogP) is 2.57. The zero-order valence-corrected chi connectivity index (χ0v) is 16.4. The first-order valence-electron chi connectivity index (χ1n) is 9.45. The number of unbranched alkanes of at least 4 members (excludes halogenated alkanes) is 3. The number of nitrogen functional groups attached to an aromatic ring is 1. The zero-order chi connectivity index (χ0) is 19.9. The summed E-state index contributed by atoms with van der Waals surface area (Å²) in [6.45, 7) is 1.01. The Balaban J connectivity index is 1.93. The van der Waals surface area contributed by atoms with Gasteiger partial charge in [0.25, 0.3) is 0 Å². The van der Waals surface area contributed by atoms with Crippen molar-refractivity contribution in [3.05, 3.63) is 35.9 Å². The molecule has 0 aliphatic carbocycles. The van der Waals surface area contributed by atoms with Crippen LogP contribution in [0.1, 0.15) is 37.1 Å². The van der Waals surface area contributed by atoms with Gasteiger partial charge in [0.15, 0.2) is 17.0 Å². The summed E-state index contributed by atoms with van der Waals surface area (Å²) in [5.74, 6) is 2.78. The Hall–Kier alpha value is -2.87. The molecule has 2 aromatic heterocycles. The van der Waals surface area contributed by atoms with E-state index in [1.54, 1.807) is 14.2 Å². The Labute approximate surface area is 164 Å². The molecule has 0 saturated carbocycles. The van der Waals surface area contributed by atoms with Gasteiger partial charge in [-0.1, -0.05) is 12.8 Å². The molecule has 0 radical (unpaired) electrons. The molecule has 8 nitrogen and oxygen atoms in total. The second-order valence-corrected chi connectivity index (χ2v) is 6.60. The molecule has 150 valence electrons. The van der Waals surface area contributed by atoms with Gasteiger partial charge in [0.1, 0.15) is 23.7 Å². The second kappa shape index (κ2) is 9.36. The van der Waals surface area contributed by atoms with Gasteiger partial charge in [-0.3, -0.25) is 0 Å². The average molecular weight is 385 g/mol. The molecule has 8 heteroatoms. The summed E-state index contributed by atoms with van der Waals surface area (Å²) in [5.41, 5.74) is 8.37. The van der Waals surface area contributed by atoms with Crippen molar-refractivity contribution in [3.8, 4) is 11.5 Å². The lowest BCUT2D eigenvalue weighted by Crippen LogP contribution is -2.07. The Morgan fingerprint density at radius 3 is 2.64 bits per heavy atom. The summed E-state index contributed by atoms with van der Waals surface area (Å²) in [6.07, 6.45) is 5.86. The van der Waals surface area contributed by atoms with Gasteiger partial charge < -0.3 is 24.9 Å². The number of aliphatic hydroxyl groups excluding tert-OH is 1. The first-order valence-corrected chi connectivity index (χ1v) is 9.45. The van der Waals surface area contributed by atoms with E-state index < -0.39 is 0 Å². The topological polar surface area (TPSA) is 108 Å². The van der Waals surface area contributed by atoms with E-state index in [1.165, 1.54) is 6.33 Å². The molecule has 0 aliphatic rings. The number of aliphatic hydroxyl groups is 1. The van der Waals surface area contributed by atoms with Gasteiger partial charge in [-0.2, -0.15) is 0 Å². The Morgan fingerprint density at radius 1 is 1.07 bits per heavy atom. The fourth-order valence-electron chi connectivity index (χ4n) is 3.29. The molecule has 2 heterocycles. The van der Waals surface area contributed by atoms with Crippen molar-refractivity contribution in [2.45, 2.75) is 38.6 Å². The monoisotopic (exact) mass is 385 g/mol. The van der Waals surface area contributed by atoms with Crippen LogP contribution in [0.15, 0.2) is 24.5 Å². The van der Waals surface area contributed by atoms with E-state index in [0.29, 0.717) is 17.8 Å². The lowest BCUT2D eigenvalue weighted by molar-refractivity contribution is 0.282. The minimum atomic E-state index is 0.235. The van der Waals surface area contributed by atoms with Crippen molar-refractivity contribution in [1.82, 2.24) is 19.5 Å². The number of imidazole rings is 1. The lowest BCUT2D eigenvalue weighted by Gasteiger charge is -2.12. The molecule has 0 amide bonds. The first-order chi connectivity index (χ1) is 13.7. The third-order valence-electron chi connectivity index (χ3n) is 4.77. The van der Waals surface area contributed by atoms with Crippen LogP contribution in [0.5, 0.6) is 11.5 Å². The molecule has 0 aliphatic heterocycles. The highest BCUT2D eigenvalue weighted by atomic mass is 16.5. The molecule has 1 aromatic carbocycles. The van der Waals surface area contributed by atoms with Crippen molar-refractivity contribution in [2.24, 2.45) is 0 Å². The van der Waals surface area contributed by atoms with Gasteiger partial charge in [0.2, 0.25) is 0 Å². The average Bonchev–Trinajstić information content (AvgIpc) is 3.06. The van der Waals surface area contributed by atoms with Gasteiger partial charge in [-0.15, -0.1) is 0 Å². The number of nitrogens with two attached hydrogens (primary N) is 1. The van der Waals surface area contributed by atoms with Crippen LogP contribution in [-0.2, 0) is 13.0 Å². The highest BCUT2D eigenvalue weighted by molar-refractivity contribution is 5.81. The van der Waals surface area contributed by atoms with E-state index in [1.807, 2.05) is 18.2 Å². The maximum atomic E-state index is 8.95. The van der Waals surface area contributed by atoms with E-state index in [-0.39, 0.29) is 6.61 Å². The van der Waals surface area contributed by atoms with E-state index >= 15 is 0 Å². The van der Waals surface area contributed by atoms with Gasteiger partial charge >= 0.3 is 0 Å². The molecule has 3 rings (SSSR count). The van der Waals surface area contributed by atoms with Crippen LogP contribution in [0.2, 0.25) is 0 Å². The number of rotatable bonds is 10. The fraction of sp³-hybridized carbons (Fsp3) is 0.450. The number of anilines is 1. The molecule has 0 unspecified atom stereocenters. The minimum absolute atomic E-state index is 0.235. The molecule has 3 N–H and O–H groups in total. The van der Waals surface area contributed by atoms with Gasteiger partial charge in [-0.25, -0.2) is 15.0 Å². The van der Waals surface area contributed by atoms with Crippen LogP contribution in [0.3, 0.4) is 0 Å². The number of aromatic nitrogens is 4. The van der Waals surface area contributed by atoms with Gasteiger partial charge in [0.05, 0.1) is 14.2 Å². The van der Waals surface area contributed by atoms with Crippen molar-refractivity contribution >= 4 is 17.0 Å². The molecule has 0 spiro atoms. The highest BCUT2D eigenvalue weighted by Gasteiger charge is 2.17. The Kier molecular flexibility index (Phi) is 6.65. The highest BCUT2D eigenvalue weighted by Crippen LogP contribution is 2.28. The summed E-state index contributed by atoms with van der Waals surface area (Å²) >= 11 is 0. The molecule has 0 saturated heterocycles. The first kappa shape index (κ1) is 19.9. The summed E-state index contributed by atoms with van der Waals surface area (Å²) in [6, 6.07) is 5.72. The molecular weight excluding hydrogens is 358 g/mol. The largest absolute Gasteiger partial charge is 0.497 e. The maximum Gasteiger partial charge on any atom is 0.165 e. The Morgan fingerprint density at radius 2 is 1.89 bits per heavy atom. The van der Waals surface area contributed by atoms with E-state index in [9.17, 15) is 0 Å². The number of hydrogen-bond donors (Lipinski definition) is 2.